The van der Waals surface area contributed by atoms with E-state index in [4.69, 9.17) is 0 Å². The number of sulfonamides is 1. The lowest BCUT2D eigenvalue weighted by Gasteiger charge is -2.13. The zero-order valence-electron chi connectivity index (χ0n) is 14.1. The van der Waals surface area contributed by atoms with Crippen LogP contribution in [0.3, 0.4) is 0 Å². The molecule has 1 saturated heterocycles. The van der Waals surface area contributed by atoms with E-state index in [0.717, 1.165) is 22.9 Å². The van der Waals surface area contributed by atoms with Crippen molar-refractivity contribution in [2.45, 2.75) is 24.7 Å². The van der Waals surface area contributed by atoms with E-state index in [2.05, 4.69) is 21.2 Å². The second-order valence-corrected chi connectivity index (χ2v) is 8.99. The van der Waals surface area contributed by atoms with Crippen LogP contribution in [0.25, 0.3) is 0 Å². The minimum atomic E-state index is -3.53. The zero-order valence-corrected chi connectivity index (χ0v) is 16.5. The van der Waals surface area contributed by atoms with E-state index < -0.39 is 10.0 Å². The zero-order chi connectivity index (χ0) is 18.2. The van der Waals surface area contributed by atoms with E-state index >= 15 is 0 Å². The summed E-state index contributed by atoms with van der Waals surface area (Å²) in [4.78, 5) is 12.7. The summed E-state index contributed by atoms with van der Waals surface area (Å²) < 4.78 is 29.3. The summed E-state index contributed by atoms with van der Waals surface area (Å²) in [6, 6.07) is 6.94. The van der Waals surface area contributed by atoms with E-state index in [-0.39, 0.29) is 10.8 Å². The van der Waals surface area contributed by atoms with Crippen molar-refractivity contribution in [2.75, 3.05) is 18.4 Å². The van der Waals surface area contributed by atoms with Crippen molar-refractivity contribution in [1.29, 1.82) is 0 Å². The molecule has 1 amide bonds. The van der Waals surface area contributed by atoms with Gasteiger partial charge in [0.15, 0.2) is 0 Å². The Bertz CT molecular complexity index is 915. The molecule has 0 bridgehead atoms. The maximum absolute atomic E-state index is 12.6. The number of benzene rings is 1. The molecule has 3 rings (SSSR count). The smallest absolute Gasteiger partial charge is 0.272 e. The van der Waals surface area contributed by atoms with Crippen molar-refractivity contribution < 1.29 is 13.2 Å². The molecule has 134 valence electrons. The van der Waals surface area contributed by atoms with Gasteiger partial charge < -0.3 is 9.88 Å². The van der Waals surface area contributed by atoms with Gasteiger partial charge >= 0.3 is 0 Å². The number of halogens is 1. The molecule has 2 aromatic rings. The third-order valence-corrected chi connectivity index (χ3v) is 7.08. The second kappa shape index (κ2) is 6.93. The maximum atomic E-state index is 12.6. The molecule has 0 spiro atoms. The molecule has 6 nitrogen and oxygen atoms in total. The van der Waals surface area contributed by atoms with Crippen LogP contribution in [-0.2, 0) is 17.1 Å². The number of hydrogen-bond donors (Lipinski definition) is 1. The number of anilines is 1. The van der Waals surface area contributed by atoms with E-state index in [1.165, 1.54) is 16.6 Å². The first-order chi connectivity index (χ1) is 11.8. The molecule has 1 N–H and O–H groups in total. The van der Waals surface area contributed by atoms with E-state index in [0.29, 0.717) is 24.5 Å². The van der Waals surface area contributed by atoms with Crippen molar-refractivity contribution in [3.63, 3.8) is 0 Å². The minimum Gasteiger partial charge on any atom is -0.345 e. The van der Waals surface area contributed by atoms with Crippen LogP contribution in [0.4, 0.5) is 5.69 Å². The molecule has 0 unspecified atom stereocenters. The number of rotatable bonds is 4. The van der Waals surface area contributed by atoms with Crippen LogP contribution >= 0.6 is 15.9 Å². The van der Waals surface area contributed by atoms with E-state index in [1.807, 2.05) is 19.1 Å². The fourth-order valence-electron chi connectivity index (χ4n) is 2.90. The highest BCUT2D eigenvalue weighted by Gasteiger charge is 2.29. The lowest BCUT2D eigenvalue weighted by atomic mass is 10.2. The maximum Gasteiger partial charge on any atom is 0.272 e. The Hall–Kier alpha value is -1.64. The first-order valence-corrected chi connectivity index (χ1v) is 10.3. The van der Waals surface area contributed by atoms with E-state index in [9.17, 15) is 13.2 Å². The molecule has 1 aromatic heterocycles. The van der Waals surface area contributed by atoms with Crippen LogP contribution in [0, 0.1) is 6.92 Å². The van der Waals surface area contributed by atoms with Crippen molar-refractivity contribution >= 4 is 37.5 Å². The fourth-order valence-corrected chi connectivity index (χ4v) is 4.73. The van der Waals surface area contributed by atoms with Gasteiger partial charge in [-0.05, 0) is 49.6 Å². The third-order valence-electron chi connectivity index (χ3n) is 4.33. The molecule has 0 saturated carbocycles. The van der Waals surface area contributed by atoms with Crippen molar-refractivity contribution in [3.8, 4) is 0 Å². The molecule has 25 heavy (non-hydrogen) atoms. The average molecular weight is 426 g/mol. The normalized spacial score (nSPS) is 15.5. The first-order valence-electron chi connectivity index (χ1n) is 8.03. The summed E-state index contributed by atoms with van der Waals surface area (Å²) in [6.45, 7) is 3.01. The Balaban J connectivity index is 1.84. The second-order valence-electron chi connectivity index (χ2n) is 6.20. The van der Waals surface area contributed by atoms with Gasteiger partial charge in [0.2, 0.25) is 10.0 Å². The quantitative estimate of drug-likeness (QED) is 0.817. The number of carbonyl (C=O) groups is 1. The molecule has 8 heteroatoms. The SMILES string of the molecule is Cc1cc(NC(=O)c2cc(S(=O)(=O)N3CCCC3)cn2C)ccc1Br. The number of nitrogens with zero attached hydrogens (tertiary/aromatic N) is 2. The van der Waals surface area contributed by atoms with Gasteiger partial charge in [-0.2, -0.15) is 4.31 Å². The Labute approximate surface area is 156 Å². The molecule has 0 aliphatic carbocycles. The van der Waals surface area contributed by atoms with Crippen molar-refractivity contribution in [1.82, 2.24) is 8.87 Å². The Morgan fingerprint density at radius 3 is 2.52 bits per heavy atom. The van der Waals surface area contributed by atoms with Gasteiger partial charge in [0.05, 0.1) is 0 Å². The van der Waals surface area contributed by atoms with Crippen LogP contribution in [0.2, 0.25) is 0 Å². The number of aromatic nitrogens is 1. The molecular weight excluding hydrogens is 406 g/mol. The first kappa shape index (κ1) is 18.2. The van der Waals surface area contributed by atoms with Crippen LogP contribution in [-0.4, -0.2) is 36.3 Å². The van der Waals surface area contributed by atoms with Gasteiger partial charge in [0.25, 0.3) is 5.91 Å². The highest BCUT2D eigenvalue weighted by Crippen LogP contribution is 2.24. The van der Waals surface area contributed by atoms with Gasteiger partial charge in [-0.25, -0.2) is 8.42 Å². The summed E-state index contributed by atoms with van der Waals surface area (Å²) >= 11 is 3.42. The molecular formula is C17H20BrN3O3S. The van der Waals surface area contributed by atoms with Crippen LogP contribution in [0.5, 0.6) is 0 Å². The molecule has 1 fully saturated rings. The lowest BCUT2D eigenvalue weighted by molar-refractivity contribution is 0.101. The Morgan fingerprint density at radius 1 is 1.20 bits per heavy atom. The molecule has 1 aromatic carbocycles. The van der Waals surface area contributed by atoms with Gasteiger partial charge in [-0.15, -0.1) is 0 Å². The van der Waals surface area contributed by atoms with Gasteiger partial charge in [-0.3, -0.25) is 4.79 Å². The summed E-state index contributed by atoms with van der Waals surface area (Å²) in [5, 5.41) is 2.81. The predicted octanol–water partition coefficient (Wildman–Crippen LogP) is 3.13. The highest BCUT2D eigenvalue weighted by molar-refractivity contribution is 9.10. The monoisotopic (exact) mass is 425 g/mol. The van der Waals surface area contributed by atoms with Crippen LogP contribution < -0.4 is 5.32 Å². The summed E-state index contributed by atoms with van der Waals surface area (Å²) in [6.07, 6.45) is 3.25. The van der Waals surface area contributed by atoms with Gasteiger partial charge in [-0.1, -0.05) is 15.9 Å². The number of amides is 1. The van der Waals surface area contributed by atoms with Gasteiger partial charge in [0.1, 0.15) is 10.6 Å². The minimum absolute atomic E-state index is 0.161. The largest absolute Gasteiger partial charge is 0.345 e. The molecule has 1 aliphatic heterocycles. The summed E-state index contributed by atoms with van der Waals surface area (Å²) in [5.74, 6) is -0.341. The highest BCUT2D eigenvalue weighted by atomic mass is 79.9. The molecule has 1 aliphatic rings. The number of nitrogens with one attached hydrogen (secondary N) is 1. The van der Waals surface area contributed by atoms with Gasteiger partial charge in [0, 0.05) is 36.5 Å². The molecule has 0 radical (unpaired) electrons. The Kier molecular flexibility index (Phi) is 5.04. The Morgan fingerprint density at radius 2 is 1.88 bits per heavy atom. The average Bonchev–Trinajstić information content (AvgIpc) is 3.21. The number of carbonyl (C=O) groups excluding carboxylic acids is 1. The molecule has 2 heterocycles. The van der Waals surface area contributed by atoms with E-state index in [1.54, 1.807) is 17.7 Å². The standard InChI is InChI=1S/C17H20BrN3O3S/c1-12-9-13(5-6-15(12)18)19-17(22)16-10-14(11-20(16)2)25(23,24)21-7-3-4-8-21/h5-6,9-11H,3-4,7-8H2,1-2H3,(H,19,22). The van der Waals surface area contributed by atoms with Crippen molar-refractivity contribution in [2.24, 2.45) is 7.05 Å². The number of hydrogen-bond acceptors (Lipinski definition) is 3. The summed E-state index contributed by atoms with van der Waals surface area (Å²) in [7, 11) is -1.86. The predicted molar refractivity (Wildman–Crippen MR) is 100 cm³/mol. The van der Waals surface area contributed by atoms with Crippen molar-refractivity contribution in [3.05, 3.63) is 46.2 Å². The fraction of sp³-hybridized carbons (Fsp3) is 0.353. The van der Waals surface area contributed by atoms with Crippen LogP contribution in [0.15, 0.2) is 39.8 Å². The topological polar surface area (TPSA) is 71.4 Å². The number of aryl methyl sites for hydroxylation is 2. The lowest BCUT2D eigenvalue weighted by Crippen LogP contribution is -2.27. The third kappa shape index (κ3) is 3.65. The summed E-state index contributed by atoms with van der Waals surface area (Å²) in [5.41, 5.74) is 1.97. The van der Waals surface area contributed by atoms with Crippen LogP contribution in [0.1, 0.15) is 28.9 Å². The molecule has 0 atom stereocenters.